The summed E-state index contributed by atoms with van der Waals surface area (Å²) in [5, 5.41) is 9.23. The van der Waals surface area contributed by atoms with Gasteiger partial charge in [-0.1, -0.05) is 42.5 Å². The molecule has 2 aromatic carbocycles. The van der Waals surface area contributed by atoms with Gasteiger partial charge in [-0.2, -0.15) is 0 Å². The van der Waals surface area contributed by atoms with Gasteiger partial charge < -0.3 is 5.11 Å². The maximum Gasteiger partial charge on any atom is 0.240 e. The van der Waals surface area contributed by atoms with Crippen LogP contribution in [0.3, 0.4) is 0 Å². The van der Waals surface area contributed by atoms with E-state index in [1.54, 1.807) is 18.2 Å². The van der Waals surface area contributed by atoms with Crippen LogP contribution >= 0.6 is 0 Å². The number of rotatable bonds is 8. The number of hydrogen-bond donors (Lipinski definition) is 2. The van der Waals surface area contributed by atoms with Crippen molar-refractivity contribution in [2.24, 2.45) is 0 Å². The van der Waals surface area contributed by atoms with Crippen molar-refractivity contribution < 1.29 is 13.5 Å². The lowest BCUT2D eigenvalue weighted by atomic mass is 9.93. The molecule has 0 aliphatic carbocycles. The van der Waals surface area contributed by atoms with Crippen LogP contribution in [-0.2, 0) is 10.0 Å². The van der Waals surface area contributed by atoms with Gasteiger partial charge in [-0.15, -0.1) is 0 Å². The first-order chi connectivity index (χ1) is 11.0. The summed E-state index contributed by atoms with van der Waals surface area (Å²) in [5.74, 6) is 0.140. The van der Waals surface area contributed by atoms with Gasteiger partial charge in [0.15, 0.2) is 0 Å². The highest BCUT2D eigenvalue weighted by atomic mass is 32.2. The summed E-state index contributed by atoms with van der Waals surface area (Å²) in [6, 6.07) is 16.7. The van der Waals surface area contributed by atoms with Crippen LogP contribution in [0.5, 0.6) is 0 Å². The van der Waals surface area contributed by atoms with Gasteiger partial charge >= 0.3 is 0 Å². The van der Waals surface area contributed by atoms with E-state index in [1.807, 2.05) is 43.3 Å². The minimum absolute atomic E-state index is 0.0875. The second-order valence-corrected chi connectivity index (χ2v) is 7.39. The molecule has 0 fully saturated rings. The van der Waals surface area contributed by atoms with Gasteiger partial charge in [0.25, 0.3) is 0 Å². The monoisotopic (exact) mass is 333 g/mol. The first-order valence-electron chi connectivity index (χ1n) is 7.75. The second-order valence-electron chi connectivity index (χ2n) is 5.62. The molecule has 0 heterocycles. The largest absolute Gasteiger partial charge is 0.396 e. The molecule has 0 bridgehead atoms. The number of nitrogens with one attached hydrogen (secondary N) is 1. The number of aliphatic hydroxyl groups is 1. The van der Waals surface area contributed by atoms with Crippen molar-refractivity contribution in [2.75, 3.05) is 13.2 Å². The Morgan fingerprint density at radius 3 is 2.43 bits per heavy atom. The van der Waals surface area contributed by atoms with E-state index in [0.717, 1.165) is 11.1 Å². The molecule has 0 aromatic heterocycles. The fraction of sp³-hybridized carbons (Fsp3) is 0.333. The zero-order valence-corrected chi connectivity index (χ0v) is 14.1. The van der Waals surface area contributed by atoms with E-state index < -0.39 is 10.0 Å². The van der Waals surface area contributed by atoms with E-state index in [4.69, 9.17) is 0 Å². The van der Waals surface area contributed by atoms with Crippen molar-refractivity contribution in [1.82, 2.24) is 4.72 Å². The zero-order valence-electron chi connectivity index (χ0n) is 13.3. The van der Waals surface area contributed by atoms with Crippen molar-refractivity contribution in [3.63, 3.8) is 0 Å². The smallest absolute Gasteiger partial charge is 0.240 e. The predicted octanol–water partition coefficient (Wildman–Crippen LogP) is 2.83. The summed E-state index contributed by atoms with van der Waals surface area (Å²) >= 11 is 0. The van der Waals surface area contributed by atoms with Gasteiger partial charge in [0, 0.05) is 13.2 Å². The Labute approximate surface area is 138 Å². The molecule has 5 heteroatoms. The summed E-state index contributed by atoms with van der Waals surface area (Å²) in [5.41, 5.74) is 2.03. The number of aliphatic hydroxyl groups excluding tert-OH is 1. The Hall–Kier alpha value is -1.69. The van der Waals surface area contributed by atoms with Gasteiger partial charge in [-0.3, -0.25) is 0 Å². The van der Waals surface area contributed by atoms with Crippen molar-refractivity contribution in [1.29, 1.82) is 0 Å². The fourth-order valence-corrected chi connectivity index (χ4v) is 3.74. The summed E-state index contributed by atoms with van der Waals surface area (Å²) in [6.07, 6.45) is 1.27. The molecule has 0 saturated carbocycles. The molecule has 0 saturated heterocycles. The third kappa shape index (κ3) is 5.16. The highest BCUT2D eigenvalue weighted by molar-refractivity contribution is 7.89. The van der Waals surface area contributed by atoms with Crippen LogP contribution in [0.1, 0.15) is 29.9 Å². The SMILES string of the molecule is Cc1cccc(S(=O)(=O)NCCC(CCO)c2ccccc2)c1. The quantitative estimate of drug-likeness (QED) is 0.781. The third-order valence-corrected chi connectivity index (χ3v) is 5.29. The van der Waals surface area contributed by atoms with Gasteiger partial charge in [0.1, 0.15) is 0 Å². The molecule has 0 amide bonds. The van der Waals surface area contributed by atoms with E-state index >= 15 is 0 Å². The first kappa shape index (κ1) is 17.7. The summed E-state index contributed by atoms with van der Waals surface area (Å²) in [7, 11) is -3.49. The second kappa shape index (κ2) is 8.24. The van der Waals surface area contributed by atoms with Crippen LogP contribution in [-0.4, -0.2) is 26.7 Å². The lowest BCUT2D eigenvalue weighted by Crippen LogP contribution is -2.26. The zero-order chi connectivity index (χ0) is 16.7. The van der Waals surface area contributed by atoms with Crippen LogP contribution in [0.25, 0.3) is 0 Å². The highest BCUT2D eigenvalue weighted by Crippen LogP contribution is 2.22. The topological polar surface area (TPSA) is 66.4 Å². The Morgan fingerprint density at radius 1 is 1.04 bits per heavy atom. The van der Waals surface area contributed by atoms with Gasteiger partial charge in [0.2, 0.25) is 10.0 Å². The van der Waals surface area contributed by atoms with E-state index in [9.17, 15) is 13.5 Å². The molecule has 2 rings (SSSR count). The minimum Gasteiger partial charge on any atom is -0.396 e. The first-order valence-corrected chi connectivity index (χ1v) is 9.23. The average Bonchev–Trinajstić information content (AvgIpc) is 2.55. The molecule has 0 aliphatic heterocycles. The Bertz CT molecular complexity index is 714. The van der Waals surface area contributed by atoms with E-state index in [1.165, 1.54) is 0 Å². The van der Waals surface area contributed by atoms with Crippen molar-refractivity contribution in [3.05, 3.63) is 65.7 Å². The molecular formula is C18H23NO3S. The van der Waals surface area contributed by atoms with Gasteiger partial charge in [-0.25, -0.2) is 13.1 Å². The summed E-state index contributed by atoms with van der Waals surface area (Å²) in [6.45, 7) is 2.30. The van der Waals surface area contributed by atoms with Crippen LogP contribution in [0.15, 0.2) is 59.5 Å². The van der Waals surface area contributed by atoms with Crippen LogP contribution in [0.2, 0.25) is 0 Å². The Balaban J connectivity index is 1.99. The highest BCUT2D eigenvalue weighted by Gasteiger charge is 2.16. The molecule has 23 heavy (non-hydrogen) atoms. The molecule has 2 aromatic rings. The van der Waals surface area contributed by atoms with E-state index in [0.29, 0.717) is 19.4 Å². The average molecular weight is 333 g/mol. The normalized spacial score (nSPS) is 13.0. The maximum absolute atomic E-state index is 12.3. The van der Waals surface area contributed by atoms with Crippen LogP contribution in [0.4, 0.5) is 0 Å². The van der Waals surface area contributed by atoms with Crippen LogP contribution < -0.4 is 4.72 Å². The Morgan fingerprint density at radius 2 is 1.78 bits per heavy atom. The van der Waals surface area contributed by atoms with E-state index in [-0.39, 0.29) is 17.4 Å². The van der Waals surface area contributed by atoms with E-state index in [2.05, 4.69) is 4.72 Å². The molecule has 1 atom stereocenters. The summed E-state index contributed by atoms with van der Waals surface area (Å²) < 4.78 is 27.3. The van der Waals surface area contributed by atoms with Crippen molar-refractivity contribution in [2.45, 2.75) is 30.6 Å². The lowest BCUT2D eigenvalue weighted by molar-refractivity contribution is 0.273. The fourth-order valence-electron chi connectivity index (χ4n) is 2.59. The standard InChI is InChI=1S/C18H23NO3S/c1-15-6-5-9-18(14-15)23(21,22)19-12-10-17(11-13-20)16-7-3-2-4-8-16/h2-9,14,17,19-20H,10-13H2,1H3. The minimum atomic E-state index is -3.49. The molecule has 0 aliphatic rings. The third-order valence-electron chi connectivity index (χ3n) is 3.83. The Kier molecular flexibility index (Phi) is 6.33. The maximum atomic E-state index is 12.3. The van der Waals surface area contributed by atoms with Crippen molar-refractivity contribution in [3.8, 4) is 0 Å². The molecule has 4 nitrogen and oxygen atoms in total. The van der Waals surface area contributed by atoms with Gasteiger partial charge in [0.05, 0.1) is 4.90 Å². The molecule has 124 valence electrons. The molecule has 2 N–H and O–H groups in total. The number of benzene rings is 2. The van der Waals surface area contributed by atoms with Crippen LogP contribution in [0, 0.1) is 6.92 Å². The van der Waals surface area contributed by atoms with Gasteiger partial charge in [-0.05, 0) is 48.9 Å². The molecule has 1 unspecified atom stereocenters. The summed E-state index contributed by atoms with van der Waals surface area (Å²) in [4.78, 5) is 0.288. The lowest BCUT2D eigenvalue weighted by Gasteiger charge is -2.16. The molecular weight excluding hydrogens is 310 g/mol. The number of hydrogen-bond acceptors (Lipinski definition) is 3. The van der Waals surface area contributed by atoms with Crippen molar-refractivity contribution >= 4 is 10.0 Å². The number of sulfonamides is 1. The molecule has 0 spiro atoms. The number of aryl methyl sites for hydroxylation is 1. The molecule has 0 radical (unpaired) electrons. The predicted molar refractivity (Wildman–Crippen MR) is 91.9 cm³/mol.